The summed E-state index contributed by atoms with van der Waals surface area (Å²) >= 11 is 0. The van der Waals surface area contributed by atoms with Crippen LogP contribution < -0.4 is 14.2 Å². The molecule has 0 amide bonds. The zero-order valence-corrected chi connectivity index (χ0v) is 18.2. The van der Waals surface area contributed by atoms with Crippen LogP contribution in [0.2, 0.25) is 0 Å². The molecule has 0 saturated heterocycles. The molecule has 3 rings (SSSR count). The molecule has 3 aromatic rings. The fourth-order valence-electron chi connectivity index (χ4n) is 3.03. The van der Waals surface area contributed by atoms with Crippen molar-refractivity contribution in [1.29, 1.82) is 5.26 Å². The van der Waals surface area contributed by atoms with Crippen LogP contribution in [0.1, 0.15) is 25.5 Å². The number of rotatable bonds is 9. The molecule has 0 saturated carbocycles. The molecule has 0 heterocycles. The van der Waals surface area contributed by atoms with Gasteiger partial charge in [0.15, 0.2) is 17.6 Å². The molecule has 0 aliphatic carbocycles. The van der Waals surface area contributed by atoms with Crippen LogP contribution in [0.25, 0.3) is 0 Å². The lowest BCUT2D eigenvalue weighted by Crippen LogP contribution is -2.35. The lowest BCUT2D eigenvalue weighted by molar-refractivity contribution is -0.157. The number of nitrogens with zero attached hydrogens (tertiary/aromatic N) is 1. The van der Waals surface area contributed by atoms with Gasteiger partial charge in [0, 0.05) is 11.5 Å². The molecule has 0 N–H and O–H groups in total. The molecule has 2 unspecified atom stereocenters. The third kappa shape index (κ3) is 5.79. The summed E-state index contributed by atoms with van der Waals surface area (Å²) in [5.41, 5.74) is 0.508. The number of hydrogen-bond donors (Lipinski definition) is 0. The first-order valence-electron chi connectivity index (χ1n) is 10.2. The largest absolute Gasteiger partial charge is 0.493 e. The highest BCUT2D eigenvalue weighted by Gasteiger charge is 2.30. The predicted molar refractivity (Wildman–Crippen MR) is 120 cm³/mol. The summed E-state index contributed by atoms with van der Waals surface area (Å²) in [6.07, 6.45) is -2.02. The molecule has 0 aromatic heterocycles. The molecule has 2 atom stereocenters. The van der Waals surface area contributed by atoms with E-state index in [1.807, 2.05) is 56.3 Å². The van der Waals surface area contributed by atoms with E-state index in [1.54, 1.807) is 42.5 Å². The Bertz CT molecular complexity index is 1070. The number of ether oxygens (including phenoxy) is 4. The second kappa shape index (κ2) is 10.9. The Morgan fingerprint density at radius 2 is 1.53 bits per heavy atom. The molecular formula is C26H25NO5. The van der Waals surface area contributed by atoms with Crippen molar-refractivity contribution in [1.82, 2.24) is 0 Å². The highest BCUT2D eigenvalue weighted by molar-refractivity contribution is 5.76. The number of methoxy groups -OCH3 is 1. The lowest BCUT2D eigenvalue weighted by Gasteiger charge is -2.23. The van der Waals surface area contributed by atoms with Crippen LogP contribution in [-0.4, -0.2) is 19.2 Å². The highest BCUT2D eigenvalue weighted by atomic mass is 16.6. The molecule has 6 nitrogen and oxygen atoms in total. The summed E-state index contributed by atoms with van der Waals surface area (Å²) in [6.45, 7) is 3.69. The first-order valence-corrected chi connectivity index (χ1v) is 10.2. The van der Waals surface area contributed by atoms with Crippen molar-refractivity contribution >= 4 is 5.97 Å². The number of hydrogen-bond acceptors (Lipinski definition) is 6. The van der Waals surface area contributed by atoms with Gasteiger partial charge in [0.25, 0.3) is 0 Å². The fourth-order valence-corrected chi connectivity index (χ4v) is 3.03. The molecule has 0 aliphatic heterocycles. The van der Waals surface area contributed by atoms with E-state index in [-0.39, 0.29) is 5.92 Å². The van der Waals surface area contributed by atoms with Gasteiger partial charge in [-0.3, -0.25) is 0 Å². The second-order valence-corrected chi connectivity index (χ2v) is 7.37. The first-order chi connectivity index (χ1) is 15.5. The van der Waals surface area contributed by atoms with E-state index >= 15 is 0 Å². The SMILES string of the molecule is COc1ccccc1OC(C(=O)OC(C#N)c1cccc(Oc2ccccc2)c1)C(C)C. The number of nitriles is 1. The smallest absolute Gasteiger partial charge is 0.349 e. The van der Waals surface area contributed by atoms with Crippen LogP contribution in [0.15, 0.2) is 78.9 Å². The summed E-state index contributed by atoms with van der Waals surface area (Å²) in [4.78, 5) is 12.9. The van der Waals surface area contributed by atoms with Crippen LogP contribution in [0, 0.1) is 17.2 Å². The summed E-state index contributed by atoms with van der Waals surface area (Å²) < 4.78 is 22.6. The zero-order chi connectivity index (χ0) is 22.9. The van der Waals surface area contributed by atoms with Crippen LogP contribution in [0.5, 0.6) is 23.0 Å². The minimum Gasteiger partial charge on any atom is -0.493 e. The van der Waals surface area contributed by atoms with E-state index in [1.165, 1.54) is 7.11 Å². The fraction of sp³-hybridized carbons (Fsp3) is 0.231. The van der Waals surface area contributed by atoms with E-state index in [0.717, 1.165) is 0 Å². The Hall–Kier alpha value is -3.98. The molecule has 3 aromatic carbocycles. The molecule has 164 valence electrons. The third-order valence-corrected chi connectivity index (χ3v) is 4.65. The van der Waals surface area contributed by atoms with Crippen molar-refractivity contribution in [2.45, 2.75) is 26.1 Å². The zero-order valence-electron chi connectivity index (χ0n) is 18.2. The molecule has 0 radical (unpaired) electrons. The van der Waals surface area contributed by atoms with E-state index in [0.29, 0.717) is 28.6 Å². The Kier molecular flexibility index (Phi) is 7.71. The van der Waals surface area contributed by atoms with Gasteiger partial charge in [-0.2, -0.15) is 5.26 Å². The van der Waals surface area contributed by atoms with Crippen LogP contribution >= 0.6 is 0 Å². The third-order valence-electron chi connectivity index (χ3n) is 4.65. The van der Waals surface area contributed by atoms with Crippen molar-refractivity contribution in [2.24, 2.45) is 5.92 Å². The minimum absolute atomic E-state index is 0.195. The molecule has 0 aliphatic rings. The van der Waals surface area contributed by atoms with Gasteiger partial charge in [0.05, 0.1) is 7.11 Å². The van der Waals surface area contributed by atoms with Gasteiger partial charge in [-0.05, 0) is 36.4 Å². The Morgan fingerprint density at radius 3 is 2.19 bits per heavy atom. The van der Waals surface area contributed by atoms with Gasteiger partial charge < -0.3 is 18.9 Å². The maximum absolute atomic E-state index is 12.9. The van der Waals surface area contributed by atoms with Gasteiger partial charge in [-0.15, -0.1) is 0 Å². The van der Waals surface area contributed by atoms with Crippen LogP contribution in [0.3, 0.4) is 0 Å². The monoisotopic (exact) mass is 431 g/mol. The normalized spacial score (nSPS) is 12.3. The molecular weight excluding hydrogens is 406 g/mol. The van der Waals surface area contributed by atoms with Crippen LogP contribution in [0.4, 0.5) is 0 Å². The number of esters is 1. The molecule has 0 bridgehead atoms. The number of para-hydroxylation sites is 3. The number of benzene rings is 3. The summed E-state index contributed by atoms with van der Waals surface area (Å²) in [6, 6.07) is 25.3. The van der Waals surface area contributed by atoms with E-state index in [2.05, 4.69) is 0 Å². The summed E-state index contributed by atoms with van der Waals surface area (Å²) in [5.74, 6) is 1.31. The van der Waals surface area contributed by atoms with E-state index < -0.39 is 18.2 Å². The first kappa shape index (κ1) is 22.7. The highest BCUT2D eigenvalue weighted by Crippen LogP contribution is 2.30. The molecule has 0 spiro atoms. The Morgan fingerprint density at radius 1 is 0.875 bits per heavy atom. The molecule has 0 fully saturated rings. The number of carbonyl (C=O) groups excluding carboxylic acids is 1. The van der Waals surface area contributed by atoms with Crippen molar-refractivity contribution in [3.05, 3.63) is 84.4 Å². The Labute approximate surface area is 187 Å². The summed E-state index contributed by atoms with van der Waals surface area (Å²) in [5, 5.41) is 9.67. The van der Waals surface area contributed by atoms with E-state index in [9.17, 15) is 10.1 Å². The second-order valence-electron chi connectivity index (χ2n) is 7.37. The van der Waals surface area contributed by atoms with Crippen molar-refractivity contribution in [2.75, 3.05) is 7.11 Å². The van der Waals surface area contributed by atoms with Gasteiger partial charge in [-0.1, -0.05) is 56.3 Å². The van der Waals surface area contributed by atoms with E-state index in [4.69, 9.17) is 18.9 Å². The average Bonchev–Trinajstić information content (AvgIpc) is 2.81. The quantitative estimate of drug-likeness (QED) is 0.405. The standard InChI is InChI=1S/C26H25NO5/c1-18(2)25(31-23-15-8-7-14-22(23)29-3)26(28)32-24(17-27)19-10-9-13-21(16-19)30-20-11-5-4-6-12-20/h4-16,18,24-25H,1-3H3. The van der Waals surface area contributed by atoms with Gasteiger partial charge in [0.1, 0.15) is 17.6 Å². The van der Waals surface area contributed by atoms with Gasteiger partial charge in [0.2, 0.25) is 6.10 Å². The van der Waals surface area contributed by atoms with Crippen molar-refractivity contribution in [3.63, 3.8) is 0 Å². The minimum atomic E-state index is -1.11. The van der Waals surface area contributed by atoms with Crippen molar-refractivity contribution in [3.8, 4) is 29.1 Å². The van der Waals surface area contributed by atoms with Gasteiger partial charge >= 0.3 is 5.97 Å². The Balaban J connectivity index is 1.75. The maximum Gasteiger partial charge on any atom is 0.349 e. The van der Waals surface area contributed by atoms with Gasteiger partial charge in [-0.25, -0.2) is 4.79 Å². The van der Waals surface area contributed by atoms with Crippen LogP contribution in [-0.2, 0) is 9.53 Å². The lowest BCUT2D eigenvalue weighted by atomic mass is 10.1. The topological polar surface area (TPSA) is 77.8 Å². The predicted octanol–water partition coefficient (Wildman–Crippen LogP) is 5.70. The molecule has 32 heavy (non-hydrogen) atoms. The summed E-state index contributed by atoms with van der Waals surface area (Å²) in [7, 11) is 1.53. The average molecular weight is 431 g/mol. The maximum atomic E-state index is 12.9. The van der Waals surface area contributed by atoms with Crippen molar-refractivity contribution < 1.29 is 23.7 Å². The molecule has 6 heteroatoms. The number of carbonyl (C=O) groups is 1.